The van der Waals surface area contributed by atoms with Crippen LogP contribution in [0.25, 0.3) is 0 Å². The van der Waals surface area contributed by atoms with E-state index in [0.717, 1.165) is 44.5 Å². The highest BCUT2D eigenvalue weighted by atomic mass is 35.5. The van der Waals surface area contributed by atoms with Crippen LogP contribution in [-0.4, -0.2) is 35.5 Å². The molecule has 22 heavy (non-hydrogen) atoms. The van der Waals surface area contributed by atoms with Crippen molar-refractivity contribution < 1.29 is 4.79 Å². The van der Waals surface area contributed by atoms with E-state index in [9.17, 15) is 4.79 Å². The van der Waals surface area contributed by atoms with Gasteiger partial charge in [-0.3, -0.25) is 9.69 Å². The van der Waals surface area contributed by atoms with Gasteiger partial charge in [-0.25, -0.2) is 5.01 Å². The lowest BCUT2D eigenvalue weighted by atomic mass is 9.81. The predicted octanol–water partition coefficient (Wildman–Crippen LogP) is 3.44. The Kier molecular flexibility index (Phi) is 3.42. The van der Waals surface area contributed by atoms with Crippen LogP contribution >= 0.6 is 11.6 Å². The van der Waals surface area contributed by atoms with E-state index >= 15 is 0 Å². The van der Waals surface area contributed by atoms with Crippen molar-refractivity contribution in [2.75, 3.05) is 18.1 Å². The summed E-state index contributed by atoms with van der Waals surface area (Å²) < 4.78 is 0. The van der Waals surface area contributed by atoms with Gasteiger partial charge in [-0.1, -0.05) is 16.8 Å². The van der Waals surface area contributed by atoms with Crippen LogP contribution in [0.3, 0.4) is 0 Å². The molecule has 1 aromatic rings. The lowest BCUT2D eigenvalue weighted by Gasteiger charge is -2.46. The summed E-state index contributed by atoms with van der Waals surface area (Å²) in [4.78, 5) is 15.3. The molecule has 1 aliphatic carbocycles. The Labute approximate surface area is 134 Å². The first-order chi connectivity index (χ1) is 10.7. The average molecular weight is 319 g/mol. The monoisotopic (exact) mass is 318 g/mol. The lowest BCUT2D eigenvalue weighted by Crippen LogP contribution is -2.68. The topological polar surface area (TPSA) is 48.3 Å². The average Bonchev–Trinajstić information content (AvgIpc) is 3.16. The summed E-state index contributed by atoms with van der Waals surface area (Å²) in [6, 6.07) is 7.46. The van der Waals surface area contributed by atoms with E-state index in [1.54, 1.807) is 0 Å². The van der Waals surface area contributed by atoms with Crippen molar-refractivity contribution in [1.82, 2.24) is 4.90 Å². The van der Waals surface area contributed by atoms with Gasteiger partial charge < -0.3 is 0 Å². The summed E-state index contributed by atoms with van der Waals surface area (Å²) in [7, 11) is 0. The first kappa shape index (κ1) is 14.2. The van der Waals surface area contributed by atoms with Gasteiger partial charge in [0.05, 0.1) is 5.69 Å². The van der Waals surface area contributed by atoms with Crippen LogP contribution in [0, 0.1) is 0 Å². The fourth-order valence-electron chi connectivity index (χ4n) is 4.02. The zero-order valence-electron chi connectivity index (χ0n) is 12.4. The van der Waals surface area contributed by atoms with E-state index in [1.807, 2.05) is 29.3 Å². The number of halogens is 1. The molecule has 0 radical (unpaired) electrons. The van der Waals surface area contributed by atoms with Crippen LogP contribution in [0.1, 0.15) is 32.1 Å². The third-order valence-corrected chi connectivity index (χ3v) is 5.27. The second-order valence-corrected chi connectivity index (χ2v) is 6.68. The number of carbonyl (C=O) groups excluding carboxylic acids is 1. The normalized spacial score (nSPS) is 31.8. The minimum absolute atomic E-state index is 0.0532. The number of hydrogen-bond donors (Lipinski definition) is 0. The molecule has 2 heterocycles. The zero-order valence-corrected chi connectivity index (χ0v) is 13.2. The maximum absolute atomic E-state index is 13.0. The second kappa shape index (κ2) is 5.32. The number of ketones is 1. The largest absolute Gasteiger partial charge is 0.295 e. The summed E-state index contributed by atoms with van der Waals surface area (Å²) in [6.07, 6.45) is 4.72. The molecule has 6 heteroatoms. The Morgan fingerprint density at radius 3 is 2.59 bits per heavy atom. The van der Waals surface area contributed by atoms with Crippen LogP contribution in [0.2, 0.25) is 5.02 Å². The van der Waals surface area contributed by atoms with Crippen molar-refractivity contribution in [1.29, 1.82) is 0 Å². The number of fused-ring (bicyclic) bond motifs is 1. The summed E-state index contributed by atoms with van der Waals surface area (Å²) in [6.45, 7) is 1.88. The fraction of sp³-hybridized carbons (Fsp3) is 0.562. The molecule has 0 amide bonds. The zero-order chi connectivity index (χ0) is 15.2. The van der Waals surface area contributed by atoms with E-state index in [-0.39, 0.29) is 11.8 Å². The fourth-order valence-corrected chi connectivity index (χ4v) is 4.14. The van der Waals surface area contributed by atoms with Crippen LogP contribution < -0.4 is 5.01 Å². The van der Waals surface area contributed by atoms with Gasteiger partial charge in [0.25, 0.3) is 0 Å². The standard InChI is InChI=1S/C16H19ClN4O/c17-12-6-8-13(9-7-12)21-16(20-10-1-2-11-20)14(18-19-21)4-3-5-15(16)22/h6-9,14H,1-5,10-11H2/t14-,16-/m1/s1. The molecule has 0 bridgehead atoms. The Balaban J connectivity index is 1.80. The number of carbonyl (C=O) groups is 1. The van der Waals surface area contributed by atoms with Crippen molar-refractivity contribution in [3.8, 4) is 0 Å². The Morgan fingerprint density at radius 2 is 1.86 bits per heavy atom. The molecule has 5 nitrogen and oxygen atoms in total. The number of benzene rings is 1. The maximum Gasteiger partial charge on any atom is 0.200 e. The Morgan fingerprint density at radius 1 is 1.14 bits per heavy atom. The van der Waals surface area contributed by atoms with Crippen molar-refractivity contribution in [3.05, 3.63) is 29.3 Å². The van der Waals surface area contributed by atoms with Gasteiger partial charge in [0, 0.05) is 24.5 Å². The third-order valence-electron chi connectivity index (χ3n) is 5.02. The van der Waals surface area contributed by atoms with E-state index in [0.29, 0.717) is 11.4 Å². The molecule has 116 valence electrons. The molecular weight excluding hydrogens is 300 g/mol. The van der Waals surface area contributed by atoms with Crippen LogP contribution in [0.15, 0.2) is 34.6 Å². The molecular formula is C16H19ClN4O. The van der Waals surface area contributed by atoms with Gasteiger partial charge in [-0.15, -0.1) is 0 Å². The molecule has 1 saturated carbocycles. The number of hydrogen-bond acceptors (Lipinski definition) is 5. The highest BCUT2D eigenvalue weighted by Crippen LogP contribution is 2.44. The Hall–Kier alpha value is -1.46. The molecule has 0 spiro atoms. The highest BCUT2D eigenvalue weighted by Gasteiger charge is 2.60. The smallest absolute Gasteiger partial charge is 0.200 e. The molecule has 2 fully saturated rings. The molecule has 0 N–H and O–H groups in total. The van der Waals surface area contributed by atoms with Gasteiger partial charge in [0.15, 0.2) is 11.4 Å². The van der Waals surface area contributed by atoms with E-state index < -0.39 is 5.66 Å². The molecule has 0 aromatic heterocycles. The van der Waals surface area contributed by atoms with Crippen molar-refractivity contribution in [2.45, 2.75) is 43.8 Å². The second-order valence-electron chi connectivity index (χ2n) is 6.24. The minimum atomic E-state index is -0.706. The van der Waals surface area contributed by atoms with Gasteiger partial charge in [-0.05, 0) is 49.9 Å². The van der Waals surface area contributed by atoms with Gasteiger partial charge in [0.1, 0.15) is 6.04 Å². The molecule has 3 aliphatic rings. The summed E-state index contributed by atoms with van der Waals surface area (Å²) in [5.41, 5.74) is 0.181. The molecule has 1 saturated heterocycles. The maximum atomic E-state index is 13.0. The van der Waals surface area contributed by atoms with Gasteiger partial charge in [0.2, 0.25) is 0 Å². The summed E-state index contributed by atoms with van der Waals surface area (Å²) in [5.74, 6) is 0.255. The first-order valence-electron chi connectivity index (χ1n) is 7.98. The number of Topliss-reactive ketones (excluding diaryl/α,β-unsaturated/α-hetero) is 1. The highest BCUT2D eigenvalue weighted by molar-refractivity contribution is 6.30. The molecule has 1 aromatic carbocycles. The number of nitrogens with zero attached hydrogens (tertiary/aromatic N) is 4. The SMILES string of the molecule is O=C1CCC[C@H]2N=NN(c3ccc(Cl)cc3)[C@@]12N1CCCC1. The number of rotatable bonds is 2. The Bertz CT molecular complexity index is 611. The van der Waals surface area contributed by atoms with Crippen LogP contribution in [0.4, 0.5) is 5.69 Å². The van der Waals surface area contributed by atoms with Crippen molar-refractivity contribution in [2.24, 2.45) is 10.3 Å². The molecule has 2 aliphatic heterocycles. The van der Waals surface area contributed by atoms with Gasteiger partial charge in [-0.2, -0.15) is 5.11 Å². The molecule has 4 rings (SSSR count). The van der Waals surface area contributed by atoms with E-state index in [1.165, 1.54) is 0 Å². The molecule has 2 atom stereocenters. The van der Waals surface area contributed by atoms with Crippen LogP contribution in [0.5, 0.6) is 0 Å². The van der Waals surface area contributed by atoms with Gasteiger partial charge >= 0.3 is 0 Å². The number of anilines is 1. The van der Waals surface area contributed by atoms with Crippen LogP contribution in [-0.2, 0) is 4.79 Å². The van der Waals surface area contributed by atoms with E-state index in [4.69, 9.17) is 11.6 Å². The van der Waals surface area contributed by atoms with Crippen molar-refractivity contribution in [3.63, 3.8) is 0 Å². The quantitative estimate of drug-likeness (QED) is 0.839. The number of likely N-dealkylation sites (tertiary alicyclic amines) is 1. The summed E-state index contributed by atoms with van der Waals surface area (Å²) in [5, 5.41) is 11.4. The lowest BCUT2D eigenvalue weighted by molar-refractivity contribution is -0.133. The first-order valence-corrected chi connectivity index (χ1v) is 8.35. The van der Waals surface area contributed by atoms with E-state index in [2.05, 4.69) is 15.2 Å². The minimum Gasteiger partial charge on any atom is -0.295 e. The third kappa shape index (κ3) is 1.92. The summed E-state index contributed by atoms with van der Waals surface area (Å²) >= 11 is 6.00. The van der Waals surface area contributed by atoms with Crippen molar-refractivity contribution >= 4 is 23.1 Å². The predicted molar refractivity (Wildman–Crippen MR) is 85.0 cm³/mol. The molecule has 0 unspecified atom stereocenters.